The molecule has 236 valence electrons. The van der Waals surface area contributed by atoms with E-state index in [1.54, 1.807) is 37.3 Å². The highest BCUT2D eigenvalue weighted by atomic mass is 32.2. The third kappa shape index (κ3) is 8.80. The summed E-state index contributed by atoms with van der Waals surface area (Å²) >= 11 is 0.822. The van der Waals surface area contributed by atoms with Gasteiger partial charge in [-0.05, 0) is 61.9 Å². The number of likely N-dealkylation sites (N-methyl/N-ethyl adjacent to an activating group) is 1. The largest absolute Gasteiger partial charge is 0.491 e. The van der Waals surface area contributed by atoms with Crippen LogP contribution < -0.4 is 20.7 Å². The third-order valence-corrected chi connectivity index (χ3v) is 7.65. The van der Waals surface area contributed by atoms with Crippen molar-refractivity contribution in [3.8, 4) is 5.75 Å². The smallest absolute Gasteiger partial charge is 0.293 e. The Balaban J connectivity index is 1.49. The number of ether oxygens (including phenoxy) is 1. The van der Waals surface area contributed by atoms with Crippen molar-refractivity contribution >= 4 is 46.7 Å². The van der Waals surface area contributed by atoms with Crippen LogP contribution in [0.25, 0.3) is 6.08 Å². The second-order valence-corrected chi connectivity index (χ2v) is 11.4. The highest BCUT2D eigenvalue weighted by Crippen LogP contribution is 2.31. The molecule has 0 radical (unpaired) electrons. The number of carbonyl (C=O) groups excluding carboxylic acids is 5. The number of nitrogens with zero attached hydrogens (tertiary/aromatic N) is 2. The second kappa shape index (κ2) is 14.7. The minimum Gasteiger partial charge on any atom is -0.491 e. The van der Waals surface area contributed by atoms with Crippen molar-refractivity contribution in [3.63, 3.8) is 0 Å². The minimum atomic E-state index is -1.43. The van der Waals surface area contributed by atoms with Gasteiger partial charge in [-0.15, -0.1) is 0 Å². The van der Waals surface area contributed by atoms with E-state index < -0.39 is 41.8 Å². The monoisotopic (exact) mass is 635 g/mol. The quantitative estimate of drug-likeness (QED) is 0.216. The molecule has 3 atom stereocenters. The number of amides is 5. The van der Waals surface area contributed by atoms with E-state index in [4.69, 9.17) is 9.26 Å². The summed E-state index contributed by atoms with van der Waals surface area (Å²) in [7, 11) is 1.40. The highest BCUT2D eigenvalue weighted by molar-refractivity contribution is 8.18. The Hall–Kier alpha value is -4.95. The third-order valence-electron chi connectivity index (χ3n) is 6.69. The van der Waals surface area contributed by atoms with Gasteiger partial charge in [-0.2, -0.15) is 0 Å². The van der Waals surface area contributed by atoms with Crippen LogP contribution in [0.1, 0.15) is 39.9 Å². The molecule has 13 nitrogen and oxygen atoms in total. The molecule has 4 N–H and O–H groups in total. The fourth-order valence-corrected chi connectivity index (χ4v) is 4.95. The van der Waals surface area contributed by atoms with Gasteiger partial charge >= 0.3 is 0 Å². The Kier molecular flexibility index (Phi) is 10.8. The maximum absolute atomic E-state index is 13.3. The van der Waals surface area contributed by atoms with Crippen LogP contribution in [0.3, 0.4) is 0 Å². The number of thioether (sulfide) groups is 1. The first-order valence-electron chi connectivity index (χ1n) is 13.9. The van der Waals surface area contributed by atoms with Gasteiger partial charge in [0.15, 0.2) is 5.69 Å². The predicted octanol–water partition coefficient (Wildman–Crippen LogP) is 2.32. The van der Waals surface area contributed by atoms with Crippen molar-refractivity contribution in [1.82, 2.24) is 26.0 Å². The number of rotatable bonds is 12. The Morgan fingerprint density at radius 2 is 1.80 bits per heavy atom. The number of aromatic nitrogens is 1. The lowest BCUT2D eigenvalue weighted by Gasteiger charge is -2.24. The van der Waals surface area contributed by atoms with Crippen molar-refractivity contribution in [1.29, 1.82) is 0 Å². The molecular weight excluding hydrogens is 602 g/mol. The molecule has 1 aliphatic rings. The van der Waals surface area contributed by atoms with Crippen LogP contribution in [0.5, 0.6) is 5.75 Å². The van der Waals surface area contributed by atoms with Crippen LogP contribution in [0.2, 0.25) is 0 Å². The van der Waals surface area contributed by atoms with Crippen LogP contribution in [0, 0.1) is 13.8 Å². The van der Waals surface area contributed by atoms with Crippen LogP contribution in [0.4, 0.5) is 4.79 Å². The summed E-state index contributed by atoms with van der Waals surface area (Å²) in [5, 5.41) is 21.3. The van der Waals surface area contributed by atoms with E-state index >= 15 is 0 Å². The molecule has 4 rings (SSSR count). The summed E-state index contributed by atoms with van der Waals surface area (Å²) in [5.41, 5.74) is 2.39. The Labute approximate surface area is 263 Å². The molecule has 2 heterocycles. The SMILES string of the molecule is Cc1ccc(CNC(=O)C(COc2cccc(C=C3SC(=O)N(C)C3=O)c2)NC(=O)C(NC(=O)c2cc(C)on2)C(C)O)cc1. The number of aryl methyl sites for hydroxylation is 2. The van der Waals surface area contributed by atoms with Gasteiger partial charge in [0.25, 0.3) is 17.1 Å². The van der Waals surface area contributed by atoms with Gasteiger partial charge in [-0.25, -0.2) is 0 Å². The minimum absolute atomic E-state index is 0.0785. The summed E-state index contributed by atoms with van der Waals surface area (Å²) in [6, 6.07) is 12.9. The lowest BCUT2D eigenvalue weighted by atomic mass is 10.1. The number of aliphatic hydroxyl groups excluding tert-OH is 1. The fourth-order valence-electron chi connectivity index (χ4n) is 4.13. The van der Waals surface area contributed by atoms with Crippen LogP contribution in [-0.4, -0.2) is 75.9 Å². The molecule has 5 amide bonds. The first-order chi connectivity index (χ1) is 21.4. The van der Waals surface area contributed by atoms with Crippen molar-refractivity contribution in [2.45, 2.75) is 45.5 Å². The fraction of sp³-hybridized carbons (Fsp3) is 0.290. The molecule has 0 bridgehead atoms. The van der Waals surface area contributed by atoms with E-state index in [2.05, 4.69) is 21.1 Å². The number of hydrogen-bond acceptors (Lipinski definition) is 10. The molecule has 1 aromatic heterocycles. The van der Waals surface area contributed by atoms with Gasteiger partial charge in [-0.1, -0.05) is 47.1 Å². The van der Waals surface area contributed by atoms with Crippen LogP contribution >= 0.6 is 11.8 Å². The predicted molar refractivity (Wildman–Crippen MR) is 165 cm³/mol. The molecule has 3 unspecified atom stereocenters. The zero-order valence-corrected chi connectivity index (χ0v) is 25.8. The maximum atomic E-state index is 13.3. The molecule has 2 aromatic carbocycles. The number of carbonyl (C=O) groups is 5. The van der Waals surface area contributed by atoms with Crippen LogP contribution in [0.15, 0.2) is 64.0 Å². The Morgan fingerprint density at radius 1 is 1.07 bits per heavy atom. The van der Waals surface area contributed by atoms with Crippen molar-refractivity contribution in [2.75, 3.05) is 13.7 Å². The van der Waals surface area contributed by atoms with E-state index in [-0.39, 0.29) is 29.0 Å². The molecule has 14 heteroatoms. The molecule has 1 aliphatic heterocycles. The van der Waals surface area contributed by atoms with Gasteiger partial charge in [-0.3, -0.25) is 28.9 Å². The molecular formula is C31H33N5O8S. The van der Waals surface area contributed by atoms with Gasteiger partial charge in [0.2, 0.25) is 11.8 Å². The van der Waals surface area contributed by atoms with E-state index in [9.17, 15) is 29.1 Å². The first kappa shape index (κ1) is 33.0. The molecule has 0 saturated carbocycles. The van der Waals surface area contributed by atoms with E-state index in [0.717, 1.165) is 27.8 Å². The Bertz CT molecular complexity index is 1620. The second-order valence-electron chi connectivity index (χ2n) is 10.4. The van der Waals surface area contributed by atoms with Gasteiger partial charge in [0, 0.05) is 19.7 Å². The lowest BCUT2D eigenvalue weighted by Crippen LogP contribution is -2.58. The number of aliphatic hydroxyl groups is 1. The normalized spacial score (nSPS) is 15.8. The highest BCUT2D eigenvalue weighted by Gasteiger charge is 2.32. The van der Waals surface area contributed by atoms with Crippen molar-refractivity contribution in [2.24, 2.45) is 0 Å². The number of hydrogen-bond donors (Lipinski definition) is 4. The van der Waals surface area contributed by atoms with E-state index in [0.29, 0.717) is 17.1 Å². The summed E-state index contributed by atoms with van der Waals surface area (Å²) in [5.74, 6) is -1.85. The molecule has 1 fully saturated rings. The van der Waals surface area contributed by atoms with E-state index in [1.807, 2.05) is 31.2 Å². The summed E-state index contributed by atoms with van der Waals surface area (Å²) in [6.07, 6.45) is 0.229. The maximum Gasteiger partial charge on any atom is 0.293 e. The number of nitrogens with one attached hydrogen (secondary N) is 3. The molecule has 45 heavy (non-hydrogen) atoms. The number of benzene rings is 2. The molecule has 0 aliphatic carbocycles. The number of imide groups is 1. The van der Waals surface area contributed by atoms with Crippen LogP contribution in [-0.2, 0) is 20.9 Å². The topological polar surface area (TPSA) is 180 Å². The zero-order valence-electron chi connectivity index (χ0n) is 25.0. The van der Waals surface area contributed by atoms with E-state index in [1.165, 1.54) is 20.0 Å². The standard InChI is InChI=1S/C31H33N5O8S/c1-17-8-10-20(11-9-17)15-32-27(38)24(33-29(40)26(19(3)37)34-28(39)23-12-18(2)44-35-23)16-43-22-7-5-6-21(13-22)14-25-30(41)36(4)31(42)45-25/h5-14,19,24,26,37H,15-16H2,1-4H3,(H,32,38)(H,33,40)(H,34,39). The zero-order chi connectivity index (χ0) is 32.7. The Morgan fingerprint density at radius 3 is 2.42 bits per heavy atom. The van der Waals surface area contributed by atoms with Crippen molar-refractivity contribution in [3.05, 3.63) is 87.6 Å². The van der Waals surface area contributed by atoms with Gasteiger partial charge in [0.1, 0.15) is 30.2 Å². The average molecular weight is 636 g/mol. The van der Waals surface area contributed by atoms with Gasteiger partial charge in [0.05, 0.1) is 11.0 Å². The van der Waals surface area contributed by atoms with Gasteiger partial charge < -0.3 is 30.3 Å². The summed E-state index contributed by atoms with van der Waals surface area (Å²) in [6.45, 7) is 4.72. The summed E-state index contributed by atoms with van der Waals surface area (Å²) < 4.78 is 10.8. The molecule has 0 spiro atoms. The lowest BCUT2D eigenvalue weighted by molar-refractivity contribution is -0.132. The summed E-state index contributed by atoms with van der Waals surface area (Å²) in [4.78, 5) is 64.6. The van der Waals surface area contributed by atoms with Crippen molar-refractivity contribution < 1.29 is 38.3 Å². The first-order valence-corrected chi connectivity index (χ1v) is 14.7. The molecule has 1 saturated heterocycles. The average Bonchev–Trinajstić information content (AvgIpc) is 3.55. The molecule has 3 aromatic rings.